The average molecular weight is 335 g/mol. The van der Waals surface area contributed by atoms with Crippen LogP contribution in [0.3, 0.4) is 0 Å². The third-order valence-corrected chi connectivity index (χ3v) is 3.39. The summed E-state index contributed by atoms with van der Waals surface area (Å²) in [5, 5.41) is 15.7. The first-order valence-electron chi connectivity index (χ1n) is 5.87. The number of nitrogens with zero attached hydrogens (tertiary/aromatic N) is 5. The number of hydrogen-bond acceptors (Lipinski definition) is 6. The predicted molar refractivity (Wildman–Crippen MR) is 75.7 cm³/mol. The van der Waals surface area contributed by atoms with Gasteiger partial charge in [0, 0.05) is 10.0 Å². The minimum atomic E-state index is 0.347. The van der Waals surface area contributed by atoms with Crippen molar-refractivity contribution in [2.24, 2.45) is 0 Å². The van der Waals surface area contributed by atoms with Crippen LogP contribution in [0.2, 0.25) is 0 Å². The third-order valence-electron chi connectivity index (χ3n) is 2.86. The first-order valence-corrected chi connectivity index (χ1v) is 6.66. The SMILES string of the molecule is Cc1c(N)nnn1Cc1nnc(-c2ccc(Br)cc2)o1. The smallest absolute Gasteiger partial charge is 0.247 e. The molecule has 7 nitrogen and oxygen atoms in total. The number of halogens is 1. The lowest BCUT2D eigenvalue weighted by Crippen LogP contribution is -2.04. The van der Waals surface area contributed by atoms with Crippen LogP contribution >= 0.6 is 15.9 Å². The Labute approximate surface area is 122 Å². The minimum absolute atomic E-state index is 0.347. The molecule has 0 unspecified atom stereocenters. The van der Waals surface area contributed by atoms with Crippen molar-refractivity contribution in [2.45, 2.75) is 13.5 Å². The maximum absolute atomic E-state index is 5.64. The summed E-state index contributed by atoms with van der Waals surface area (Å²) in [4.78, 5) is 0. The van der Waals surface area contributed by atoms with Gasteiger partial charge in [-0.1, -0.05) is 21.1 Å². The Kier molecular flexibility index (Phi) is 3.23. The topological polar surface area (TPSA) is 95.7 Å². The van der Waals surface area contributed by atoms with E-state index in [4.69, 9.17) is 10.2 Å². The lowest BCUT2D eigenvalue weighted by molar-refractivity contribution is 0.465. The number of nitrogens with two attached hydrogens (primary N) is 1. The van der Waals surface area contributed by atoms with Gasteiger partial charge in [-0.25, -0.2) is 4.68 Å². The number of aromatic nitrogens is 5. The summed E-state index contributed by atoms with van der Waals surface area (Å²) in [6.45, 7) is 2.18. The maximum atomic E-state index is 5.64. The Morgan fingerprint density at radius 1 is 1.20 bits per heavy atom. The van der Waals surface area contributed by atoms with E-state index in [2.05, 4.69) is 36.4 Å². The molecule has 8 heteroatoms. The standard InChI is InChI=1S/C12H11BrN6O/c1-7-11(14)16-18-19(7)6-10-15-17-12(20-10)8-2-4-9(13)5-3-8/h2-5H,6,14H2,1H3. The van der Waals surface area contributed by atoms with Gasteiger partial charge in [0.25, 0.3) is 0 Å². The highest BCUT2D eigenvalue weighted by molar-refractivity contribution is 9.10. The highest BCUT2D eigenvalue weighted by Gasteiger charge is 2.12. The van der Waals surface area contributed by atoms with Crippen molar-refractivity contribution >= 4 is 21.7 Å². The molecule has 102 valence electrons. The molecule has 0 aliphatic carbocycles. The van der Waals surface area contributed by atoms with Crippen molar-refractivity contribution in [1.29, 1.82) is 0 Å². The number of anilines is 1. The van der Waals surface area contributed by atoms with E-state index in [1.54, 1.807) is 4.68 Å². The number of hydrogen-bond donors (Lipinski definition) is 1. The van der Waals surface area contributed by atoms with Gasteiger partial charge in [-0.2, -0.15) is 0 Å². The molecule has 0 amide bonds. The van der Waals surface area contributed by atoms with E-state index in [0.717, 1.165) is 15.7 Å². The van der Waals surface area contributed by atoms with E-state index in [-0.39, 0.29) is 0 Å². The first kappa shape index (κ1) is 12.8. The molecule has 20 heavy (non-hydrogen) atoms. The van der Waals surface area contributed by atoms with Crippen molar-refractivity contribution in [3.05, 3.63) is 40.3 Å². The average Bonchev–Trinajstić information content (AvgIpc) is 3.02. The summed E-state index contributed by atoms with van der Waals surface area (Å²) in [5.74, 6) is 1.33. The van der Waals surface area contributed by atoms with Gasteiger partial charge in [0.05, 0.1) is 5.69 Å². The number of nitrogen functional groups attached to an aromatic ring is 1. The van der Waals surface area contributed by atoms with Crippen LogP contribution in [0.4, 0.5) is 5.82 Å². The Bertz CT molecular complexity index is 733. The van der Waals surface area contributed by atoms with E-state index in [0.29, 0.717) is 24.1 Å². The van der Waals surface area contributed by atoms with Gasteiger partial charge in [-0.05, 0) is 31.2 Å². The Morgan fingerprint density at radius 3 is 2.60 bits per heavy atom. The van der Waals surface area contributed by atoms with Gasteiger partial charge < -0.3 is 10.2 Å². The van der Waals surface area contributed by atoms with Crippen molar-refractivity contribution in [2.75, 3.05) is 5.73 Å². The molecule has 0 saturated heterocycles. The van der Waals surface area contributed by atoms with E-state index in [1.807, 2.05) is 31.2 Å². The van der Waals surface area contributed by atoms with Crippen molar-refractivity contribution in [1.82, 2.24) is 25.2 Å². The molecule has 0 radical (unpaired) electrons. The zero-order valence-electron chi connectivity index (χ0n) is 10.6. The van der Waals surface area contributed by atoms with Crippen LogP contribution in [-0.4, -0.2) is 25.2 Å². The van der Waals surface area contributed by atoms with Gasteiger partial charge in [0.2, 0.25) is 11.8 Å². The molecule has 0 atom stereocenters. The Hall–Kier alpha value is -2.22. The molecule has 0 aliphatic rings. The molecule has 3 aromatic rings. The molecule has 2 aromatic heterocycles. The Balaban J connectivity index is 1.83. The molecular formula is C12H11BrN6O. The molecule has 0 saturated carbocycles. The van der Waals surface area contributed by atoms with Gasteiger partial charge in [0.15, 0.2) is 5.82 Å². The van der Waals surface area contributed by atoms with Gasteiger partial charge in [0.1, 0.15) is 6.54 Å². The normalized spacial score (nSPS) is 10.9. The zero-order valence-corrected chi connectivity index (χ0v) is 12.2. The predicted octanol–water partition coefficient (Wildman–Crippen LogP) is 2.03. The van der Waals surface area contributed by atoms with Crippen molar-refractivity contribution in [3.63, 3.8) is 0 Å². The molecule has 3 rings (SSSR count). The van der Waals surface area contributed by atoms with Crippen LogP contribution in [-0.2, 0) is 6.54 Å². The molecule has 1 aromatic carbocycles. The fourth-order valence-electron chi connectivity index (χ4n) is 1.68. The monoisotopic (exact) mass is 334 g/mol. The summed E-state index contributed by atoms with van der Waals surface area (Å²) in [6, 6.07) is 7.64. The molecular weight excluding hydrogens is 324 g/mol. The van der Waals surface area contributed by atoms with E-state index in [9.17, 15) is 0 Å². The van der Waals surface area contributed by atoms with Crippen LogP contribution in [0.25, 0.3) is 11.5 Å². The van der Waals surface area contributed by atoms with Crippen LogP contribution in [0.5, 0.6) is 0 Å². The third kappa shape index (κ3) is 2.42. The maximum Gasteiger partial charge on any atom is 0.247 e. The van der Waals surface area contributed by atoms with Crippen LogP contribution in [0.15, 0.2) is 33.2 Å². The highest BCUT2D eigenvalue weighted by Crippen LogP contribution is 2.20. The highest BCUT2D eigenvalue weighted by atomic mass is 79.9. The quantitative estimate of drug-likeness (QED) is 0.787. The van der Waals surface area contributed by atoms with E-state index < -0.39 is 0 Å². The molecule has 0 spiro atoms. The molecule has 2 N–H and O–H groups in total. The molecule has 0 aliphatic heterocycles. The van der Waals surface area contributed by atoms with E-state index >= 15 is 0 Å². The summed E-state index contributed by atoms with van der Waals surface area (Å²) in [7, 11) is 0. The Morgan fingerprint density at radius 2 is 1.95 bits per heavy atom. The van der Waals surface area contributed by atoms with Gasteiger partial charge in [-0.3, -0.25) is 0 Å². The molecule has 0 bridgehead atoms. The first-order chi connectivity index (χ1) is 9.63. The lowest BCUT2D eigenvalue weighted by Gasteiger charge is -1.98. The van der Waals surface area contributed by atoms with E-state index in [1.165, 1.54) is 0 Å². The van der Waals surface area contributed by atoms with Gasteiger partial charge >= 0.3 is 0 Å². The minimum Gasteiger partial charge on any atom is -0.419 e. The molecule has 0 fully saturated rings. The number of rotatable bonds is 3. The summed E-state index contributed by atoms with van der Waals surface area (Å²) in [5.41, 5.74) is 7.27. The largest absolute Gasteiger partial charge is 0.419 e. The van der Waals surface area contributed by atoms with Gasteiger partial charge in [-0.15, -0.1) is 15.3 Å². The fraction of sp³-hybridized carbons (Fsp3) is 0.167. The fourth-order valence-corrected chi connectivity index (χ4v) is 1.94. The molecule has 2 heterocycles. The second-order valence-corrected chi connectivity index (χ2v) is 5.14. The van der Waals surface area contributed by atoms with Crippen LogP contribution in [0.1, 0.15) is 11.6 Å². The van der Waals surface area contributed by atoms with Crippen molar-refractivity contribution < 1.29 is 4.42 Å². The van der Waals surface area contributed by atoms with Crippen LogP contribution in [0, 0.1) is 6.92 Å². The zero-order chi connectivity index (χ0) is 14.1. The summed E-state index contributed by atoms with van der Waals surface area (Å²) < 4.78 is 8.23. The summed E-state index contributed by atoms with van der Waals surface area (Å²) >= 11 is 3.38. The second kappa shape index (κ2) is 5.04. The van der Waals surface area contributed by atoms with Crippen molar-refractivity contribution in [3.8, 4) is 11.5 Å². The summed E-state index contributed by atoms with van der Waals surface area (Å²) in [6.07, 6.45) is 0. The van der Waals surface area contributed by atoms with Crippen LogP contribution < -0.4 is 5.73 Å². The number of benzene rings is 1. The lowest BCUT2D eigenvalue weighted by atomic mass is 10.2. The second-order valence-electron chi connectivity index (χ2n) is 4.23.